The van der Waals surface area contributed by atoms with Gasteiger partial charge in [0.25, 0.3) is 0 Å². The van der Waals surface area contributed by atoms with Gasteiger partial charge in [0.15, 0.2) is 0 Å². The molecular formula is C25H53NO5. The van der Waals surface area contributed by atoms with Crippen LogP contribution < -0.4 is 5.73 Å². The first kappa shape index (κ1) is 30.8. The predicted octanol–water partition coefficient (Wildman–Crippen LogP) is 4.79. The molecule has 0 saturated heterocycles. The van der Waals surface area contributed by atoms with E-state index in [-0.39, 0.29) is 17.1 Å². The number of ether oxygens (including phenoxy) is 3. The molecule has 0 aliphatic carbocycles. The lowest BCUT2D eigenvalue weighted by Gasteiger charge is -2.43. The fourth-order valence-corrected chi connectivity index (χ4v) is 3.58. The summed E-state index contributed by atoms with van der Waals surface area (Å²) in [6.45, 7) is 21.6. The van der Waals surface area contributed by atoms with Crippen LogP contribution in [0.2, 0.25) is 0 Å². The van der Waals surface area contributed by atoms with Crippen molar-refractivity contribution in [2.75, 3.05) is 19.8 Å². The summed E-state index contributed by atoms with van der Waals surface area (Å²) in [5.41, 5.74) is 2.61. The van der Waals surface area contributed by atoms with Crippen molar-refractivity contribution in [3.05, 3.63) is 0 Å². The van der Waals surface area contributed by atoms with E-state index in [1.165, 1.54) is 0 Å². The zero-order chi connectivity index (χ0) is 24.6. The average molecular weight is 448 g/mol. The Morgan fingerprint density at radius 1 is 0.710 bits per heavy atom. The number of hydrogen-bond donors (Lipinski definition) is 3. The van der Waals surface area contributed by atoms with Gasteiger partial charge in [-0.3, -0.25) is 0 Å². The van der Waals surface area contributed by atoms with Gasteiger partial charge in [-0.1, -0.05) is 13.3 Å². The molecule has 0 aromatic carbocycles. The van der Waals surface area contributed by atoms with Crippen LogP contribution in [0.5, 0.6) is 0 Å². The monoisotopic (exact) mass is 447 g/mol. The molecule has 6 heteroatoms. The molecule has 31 heavy (non-hydrogen) atoms. The summed E-state index contributed by atoms with van der Waals surface area (Å²) in [4.78, 5) is 0. The third kappa shape index (κ3) is 16.1. The predicted molar refractivity (Wildman–Crippen MR) is 128 cm³/mol. The van der Waals surface area contributed by atoms with Crippen molar-refractivity contribution >= 4 is 0 Å². The van der Waals surface area contributed by atoms with Gasteiger partial charge >= 0.3 is 0 Å². The van der Waals surface area contributed by atoms with E-state index < -0.39 is 16.9 Å². The van der Waals surface area contributed by atoms with Crippen molar-refractivity contribution < 1.29 is 24.4 Å². The largest absolute Gasteiger partial charge is 0.390 e. The zero-order valence-corrected chi connectivity index (χ0v) is 22.1. The fourth-order valence-electron chi connectivity index (χ4n) is 3.58. The summed E-state index contributed by atoms with van der Waals surface area (Å²) in [6.07, 6.45) is 4.70. The third-order valence-corrected chi connectivity index (χ3v) is 5.74. The van der Waals surface area contributed by atoms with Gasteiger partial charge < -0.3 is 30.2 Å². The summed E-state index contributed by atoms with van der Waals surface area (Å²) in [5, 5.41) is 19.8. The molecule has 0 bridgehead atoms. The minimum absolute atomic E-state index is 0.156. The topological polar surface area (TPSA) is 94.2 Å². The maximum atomic E-state index is 10.00. The fraction of sp³-hybridized carbons (Fsp3) is 1.00. The lowest BCUT2D eigenvalue weighted by Crippen LogP contribution is -2.45. The van der Waals surface area contributed by atoms with Gasteiger partial charge in [0.2, 0.25) is 0 Å². The minimum atomic E-state index is -1.24. The Bertz CT molecular complexity index is 489. The maximum absolute atomic E-state index is 10.00. The number of hydrogen-bond acceptors (Lipinski definition) is 6. The molecule has 0 rings (SSSR count). The summed E-state index contributed by atoms with van der Waals surface area (Å²) in [6, 6.07) is 0. The van der Waals surface area contributed by atoms with Gasteiger partial charge in [-0.05, 0) is 93.9 Å². The van der Waals surface area contributed by atoms with Gasteiger partial charge in [-0.15, -0.1) is 0 Å². The molecule has 2 atom stereocenters. The van der Waals surface area contributed by atoms with E-state index in [1.54, 1.807) is 20.8 Å². The van der Waals surface area contributed by atoms with E-state index >= 15 is 0 Å². The standard InChI is InChI=1S/C25H53NO5/c1-11-12-15-29-22(4,5)18-20(24(8,9)31-17-14-25(10,26)28)19-23(6,7)30-16-13-21(2,3)27/h20,27-28H,11-19,26H2,1-10H3. The smallest absolute Gasteiger partial charge is 0.112 e. The van der Waals surface area contributed by atoms with Crippen LogP contribution in [0, 0.1) is 5.92 Å². The highest BCUT2D eigenvalue weighted by molar-refractivity contribution is 4.90. The zero-order valence-electron chi connectivity index (χ0n) is 22.1. The Morgan fingerprint density at radius 3 is 1.58 bits per heavy atom. The van der Waals surface area contributed by atoms with Gasteiger partial charge in [-0.2, -0.15) is 0 Å². The first-order valence-electron chi connectivity index (χ1n) is 11.9. The second-order valence-electron chi connectivity index (χ2n) is 11.8. The molecule has 4 N–H and O–H groups in total. The normalized spacial score (nSPS) is 16.9. The summed E-state index contributed by atoms with van der Waals surface area (Å²) < 4.78 is 18.6. The van der Waals surface area contributed by atoms with E-state index in [0.29, 0.717) is 26.1 Å². The molecule has 6 nitrogen and oxygen atoms in total. The summed E-state index contributed by atoms with van der Waals surface area (Å²) >= 11 is 0. The van der Waals surface area contributed by atoms with Gasteiger partial charge in [-0.25, -0.2) is 0 Å². The molecule has 0 aliphatic heterocycles. The Hall–Kier alpha value is -0.240. The van der Waals surface area contributed by atoms with E-state index in [4.69, 9.17) is 19.9 Å². The highest BCUT2D eigenvalue weighted by atomic mass is 16.5. The molecule has 2 unspecified atom stereocenters. The lowest BCUT2D eigenvalue weighted by atomic mass is 9.76. The minimum Gasteiger partial charge on any atom is -0.390 e. The maximum Gasteiger partial charge on any atom is 0.112 e. The third-order valence-electron chi connectivity index (χ3n) is 5.74. The Labute approximate surface area is 192 Å². The molecule has 0 radical (unpaired) electrons. The van der Waals surface area contributed by atoms with E-state index in [9.17, 15) is 10.2 Å². The summed E-state index contributed by atoms with van der Waals surface area (Å²) in [5.74, 6) is 0.156. The quantitative estimate of drug-likeness (QED) is 0.219. The van der Waals surface area contributed by atoms with Crippen molar-refractivity contribution in [1.82, 2.24) is 0 Å². The number of aliphatic hydroxyl groups is 2. The van der Waals surface area contributed by atoms with Gasteiger partial charge in [0.05, 0.1) is 35.6 Å². The molecule has 0 heterocycles. The Kier molecular flexibility index (Phi) is 12.2. The van der Waals surface area contributed by atoms with Crippen LogP contribution in [0.3, 0.4) is 0 Å². The molecule has 0 saturated carbocycles. The molecular weight excluding hydrogens is 394 g/mol. The molecule has 0 aromatic rings. The van der Waals surface area contributed by atoms with Crippen LogP contribution in [0.15, 0.2) is 0 Å². The van der Waals surface area contributed by atoms with Crippen LogP contribution in [0.4, 0.5) is 0 Å². The Morgan fingerprint density at radius 2 is 1.16 bits per heavy atom. The van der Waals surface area contributed by atoms with Crippen LogP contribution in [0.1, 0.15) is 108 Å². The highest BCUT2D eigenvalue weighted by Crippen LogP contribution is 2.38. The van der Waals surface area contributed by atoms with Gasteiger partial charge in [0.1, 0.15) is 5.72 Å². The molecule has 0 aromatic heterocycles. The molecule has 188 valence electrons. The second kappa shape index (κ2) is 12.3. The van der Waals surface area contributed by atoms with Crippen molar-refractivity contribution in [3.63, 3.8) is 0 Å². The number of rotatable bonds is 17. The second-order valence-corrected chi connectivity index (χ2v) is 11.8. The SMILES string of the molecule is CCCCOC(C)(C)CC(CC(C)(C)OCCC(C)(C)O)C(C)(C)OCCC(C)(N)O. The molecule has 0 amide bonds. The van der Waals surface area contributed by atoms with Crippen molar-refractivity contribution in [2.24, 2.45) is 11.7 Å². The number of unbranched alkanes of at least 4 members (excludes halogenated alkanes) is 1. The number of nitrogens with two attached hydrogens (primary N) is 1. The van der Waals surface area contributed by atoms with E-state index in [1.807, 2.05) is 0 Å². The Balaban J connectivity index is 5.31. The van der Waals surface area contributed by atoms with Crippen LogP contribution in [0.25, 0.3) is 0 Å². The first-order chi connectivity index (χ1) is 13.8. The lowest BCUT2D eigenvalue weighted by molar-refractivity contribution is -0.134. The molecule has 0 spiro atoms. The average Bonchev–Trinajstić information content (AvgIpc) is 2.50. The van der Waals surface area contributed by atoms with Crippen LogP contribution in [-0.4, -0.2) is 58.2 Å². The van der Waals surface area contributed by atoms with Crippen molar-refractivity contribution in [3.8, 4) is 0 Å². The van der Waals surface area contributed by atoms with Gasteiger partial charge in [0, 0.05) is 13.0 Å². The summed E-state index contributed by atoms with van der Waals surface area (Å²) in [7, 11) is 0. The van der Waals surface area contributed by atoms with Crippen molar-refractivity contribution in [1.29, 1.82) is 0 Å². The first-order valence-corrected chi connectivity index (χ1v) is 11.9. The van der Waals surface area contributed by atoms with Crippen molar-refractivity contribution in [2.45, 2.75) is 136 Å². The van der Waals surface area contributed by atoms with E-state index in [0.717, 1.165) is 32.3 Å². The molecule has 0 fully saturated rings. The van der Waals surface area contributed by atoms with E-state index in [2.05, 4.69) is 48.5 Å². The van der Waals surface area contributed by atoms with Crippen LogP contribution in [-0.2, 0) is 14.2 Å². The highest BCUT2D eigenvalue weighted by Gasteiger charge is 2.39. The van der Waals surface area contributed by atoms with Crippen LogP contribution >= 0.6 is 0 Å². The molecule has 0 aliphatic rings.